The molecule has 8 heteroatoms. The third kappa shape index (κ3) is 3.76. The molecular formula is C25H19FN4O3. The van der Waals surface area contributed by atoms with Crippen LogP contribution in [0.1, 0.15) is 11.4 Å². The molecule has 0 radical (unpaired) electrons. The van der Waals surface area contributed by atoms with Crippen LogP contribution in [0.15, 0.2) is 71.5 Å². The number of carbonyl (C=O) groups is 1. The van der Waals surface area contributed by atoms with E-state index in [1.165, 1.54) is 22.9 Å². The van der Waals surface area contributed by atoms with E-state index in [1.54, 1.807) is 23.6 Å². The highest BCUT2D eigenvalue weighted by Gasteiger charge is 2.19. The zero-order valence-electron chi connectivity index (χ0n) is 17.7. The first-order valence-electron chi connectivity index (χ1n) is 10.3. The lowest BCUT2D eigenvalue weighted by Crippen LogP contribution is -2.23. The van der Waals surface area contributed by atoms with E-state index in [1.807, 2.05) is 36.4 Å². The fourth-order valence-corrected chi connectivity index (χ4v) is 4.16. The van der Waals surface area contributed by atoms with Crippen molar-refractivity contribution in [3.8, 4) is 11.3 Å². The van der Waals surface area contributed by atoms with Crippen molar-refractivity contribution in [2.75, 3.05) is 0 Å². The van der Waals surface area contributed by atoms with Gasteiger partial charge in [0.25, 0.3) is 5.56 Å². The highest BCUT2D eigenvalue weighted by atomic mass is 19.1. The SMILES string of the molecule is Cc1c(-c2ccc(=O)n(Cc3ccc4ccccc4n3)n2)c2cc(F)ccc2n1CC(=O)O. The van der Waals surface area contributed by atoms with Gasteiger partial charge in [0.15, 0.2) is 0 Å². The first-order valence-corrected chi connectivity index (χ1v) is 10.3. The van der Waals surface area contributed by atoms with E-state index in [9.17, 15) is 19.1 Å². The number of fused-ring (bicyclic) bond motifs is 2. The molecule has 0 saturated heterocycles. The summed E-state index contributed by atoms with van der Waals surface area (Å²) in [6.07, 6.45) is 0. The summed E-state index contributed by atoms with van der Waals surface area (Å²) in [5, 5.41) is 15.4. The lowest BCUT2D eigenvalue weighted by molar-refractivity contribution is -0.137. The Morgan fingerprint density at radius 2 is 1.88 bits per heavy atom. The van der Waals surface area contributed by atoms with Gasteiger partial charge in [0.1, 0.15) is 12.4 Å². The Hall–Kier alpha value is -4.33. The molecule has 33 heavy (non-hydrogen) atoms. The van der Waals surface area contributed by atoms with Crippen molar-refractivity contribution in [3.05, 3.63) is 94.3 Å². The molecule has 1 N–H and O–H groups in total. The van der Waals surface area contributed by atoms with Gasteiger partial charge in [0.05, 0.1) is 23.4 Å². The van der Waals surface area contributed by atoms with Crippen molar-refractivity contribution in [1.29, 1.82) is 0 Å². The van der Waals surface area contributed by atoms with Crippen LogP contribution in [0.2, 0.25) is 0 Å². The molecule has 5 aromatic rings. The van der Waals surface area contributed by atoms with Crippen LogP contribution < -0.4 is 5.56 Å². The average Bonchev–Trinajstić information content (AvgIpc) is 3.05. The Labute approximate surface area is 187 Å². The van der Waals surface area contributed by atoms with Crippen LogP contribution in [0.3, 0.4) is 0 Å². The number of carboxylic acids is 1. The smallest absolute Gasteiger partial charge is 0.323 e. The number of rotatable bonds is 5. The van der Waals surface area contributed by atoms with Gasteiger partial charge in [-0.05, 0) is 43.3 Å². The summed E-state index contributed by atoms with van der Waals surface area (Å²) in [7, 11) is 0. The Morgan fingerprint density at radius 3 is 2.70 bits per heavy atom. The largest absolute Gasteiger partial charge is 0.480 e. The van der Waals surface area contributed by atoms with Gasteiger partial charge in [-0.1, -0.05) is 24.3 Å². The third-order valence-corrected chi connectivity index (χ3v) is 5.67. The quantitative estimate of drug-likeness (QED) is 0.445. The molecule has 0 saturated carbocycles. The first kappa shape index (κ1) is 20.6. The molecule has 0 fully saturated rings. The lowest BCUT2D eigenvalue weighted by atomic mass is 10.1. The van der Waals surface area contributed by atoms with E-state index in [4.69, 9.17) is 0 Å². The highest BCUT2D eigenvalue weighted by Crippen LogP contribution is 2.33. The standard InChI is InChI=1S/C25H19FN4O3/c1-15-25(19-12-17(26)7-10-22(19)29(15)14-24(32)33)21-9-11-23(31)30(28-21)13-18-8-6-16-4-2-3-5-20(16)27-18/h2-12H,13-14H2,1H3,(H,32,33). The maximum absolute atomic E-state index is 14.1. The van der Waals surface area contributed by atoms with Crippen molar-refractivity contribution in [2.45, 2.75) is 20.0 Å². The normalized spacial score (nSPS) is 11.3. The summed E-state index contributed by atoms with van der Waals surface area (Å²) in [5.41, 5.74) is 3.45. The number of nitrogens with zero attached hydrogens (tertiary/aromatic N) is 4. The lowest BCUT2D eigenvalue weighted by Gasteiger charge is -2.09. The van der Waals surface area contributed by atoms with Crippen LogP contribution in [0.5, 0.6) is 0 Å². The number of para-hydroxylation sites is 1. The number of hydrogen-bond acceptors (Lipinski definition) is 4. The van der Waals surface area contributed by atoms with E-state index in [-0.39, 0.29) is 18.6 Å². The van der Waals surface area contributed by atoms with Crippen LogP contribution in [0.4, 0.5) is 4.39 Å². The summed E-state index contributed by atoms with van der Waals surface area (Å²) < 4.78 is 17.0. The molecular weight excluding hydrogens is 423 g/mol. The maximum Gasteiger partial charge on any atom is 0.323 e. The molecule has 3 aromatic heterocycles. The van der Waals surface area contributed by atoms with Gasteiger partial charge < -0.3 is 9.67 Å². The van der Waals surface area contributed by atoms with Crippen LogP contribution in [0.25, 0.3) is 33.1 Å². The molecule has 0 bridgehead atoms. The minimum Gasteiger partial charge on any atom is -0.480 e. The van der Waals surface area contributed by atoms with Crippen molar-refractivity contribution in [3.63, 3.8) is 0 Å². The molecule has 0 aliphatic carbocycles. The summed E-state index contributed by atoms with van der Waals surface area (Å²) in [5.74, 6) is -1.45. The van der Waals surface area contributed by atoms with Gasteiger partial charge in [-0.2, -0.15) is 5.10 Å². The Bertz CT molecular complexity index is 1600. The third-order valence-electron chi connectivity index (χ3n) is 5.67. The molecule has 164 valence electrons. The summed E-state index contributed by atoms with van der Waals surface area (Å²) in [4.78, 5) is 28.6. The Morgan fingerprint density at radius 1 is 1.06 bits per heavy atom. The van der Waals surface area contributed by atoms with Crippen LogP contribution >= 0.6 is 0 Å². The molecule has 5 rings (SSSR count). The van der Waals surface area contributed by atoms with Crippen molar-refractivity contribution in [1.82, 2.24) is 19.3 Å². The number of aromatic nitrogens is 4. The van der Waals surface area contributed by atoms with Gasteiger partial charge in [-0.15, -0.1) is 0 Å². The van der Waals surface area contributed by atoms with Gasteiger partial charge in [0, 0.05) is 33.6 Å². The summed E-state index contributed by atoms with van der Waals surface area (Å²) >= 11 is 0. The van der Waals surface area contributed by atoms with Crippen molar-refractivity contribution >= 4 is 27.8 Å². The molecule has 0 unspecified atom stereocenters. The molecule has 0 aliphatic rings. The van der Waals surface area contributed by atoms with Gasteiger partial charge >= 0.3 is 5.97 Å². The summed E-state index contributed by atoms with van der Waals surface area (Å²) in [6, 6.07) is 18.7. The Balaban J connectivity index is 1.63. The number of benzene rings is 2. The van der Waals surface area contributed by atoms with E-state index < -0.39 is 11.8 Å². The van der Waals surface area contributed by atoms with Gasteiger partial charge in [-0.25, -0.2) is 9.07 Å². The second-order valence-corrected chi connectivity index (χ2v) is 7.81. The van der Waals surface area contributed by atoms with E-state index in [2.05, 4.69) is 10.1 Å². The molecule has 2 aromatic carbocycles. The molecule has 7 nitrogen and oxygen atoms in total. The number of carboxylic acid groups (broad SMARTS) is 1. The molecule has 0 aliphatic heterocycles. The number of hydrogen-bond donors (Lipinski definition) is 1. The zero-order chi connectivity index (χ0) is 23.1. The zero-order valence-corrected chi connectivity index (χ0v) is 17.7. The molecule has 0 amide bonds. The minimum atomic E-state index is -1.01. The van der Waals surface area contributed by atoms with Crippen LogP contribution in [-0.2, 0) is 17.9 Å². The fourth-order valence-electron chi connectivity index (χ4n) is 4.16. The topological polar surface area (TPSA) is 90.0 Å². The minimum absolute atomic E-state index is 0.165. The predicted octanol–water partition coefficient (Wildman–Crippen LogP) is 3.99. The molecule has 0 spiro atoms. The maximum atomic E-state index is 14.1. The molecule has 0 atom stereocenters. The fraction of sp³-hybridized carbons (Fsp3) is 0.120. The first-order chi connectivity index (χ1) is 15.9. The van der Waals surface area contributed by atoms with Crippen molar-refractivity contribution < 1.29 is 14.3 Å². The van der Waals surface area contributed by atoms with Gasteiger partial charge in [-0.3, -0.25) is 14.6 Å². The van der Waals surface area contributed by atoms with Gasteiger partial charge in [0.2, 0.25) is 0 Å². The predicted molar refractivity (Wildman–Crippen MR) is 123 cm³/mol. The molecule has 3 heterocycles. The monoisotopic (exact) mass is 442 g/mol. The van der Waals surface area contributed by atoms with Crippen LogP contribution in [0, 0.1) is 12.7 Å². The van der Waals surface area contributed by atoms with Crippen LogP contribution in [-0.4, -0.2) is 30.4 Å². The van der Waals surface area contributed by atoms with E-state index in [0.29, 0.717) is 33.5 Å². The van der Waals surface area contributed by atoms with E-state index in [0.717, 1.165) is 10.9 Å². The second kappa shape index (κ2) is 7.98. The number of pyridine rings is 1. The number of halogens is 1. The van der Waals surface area contributed by atoms with E-state index >= 15 is 0 Å². The summed E-state index contributed by atoms with van der Waals surface area (Å²) in [6.45, 7) is 1.66. The Kier molecular flexibility index (Phi) is 4.97. The second-order valence-electron chi connectivity index (χ2n) is 7.81. The highest BCUT2D eigenvalue weighted by molar-refractivity contribution is 5.97. The average molecular weight is 442 g/mol. The number of aliphatic carboxylic acids is 1. The van der Waals surface area contributed by atoms with Crippen molar-refractivity contribution in [2.24, 2.45) is 0 Å².